The van der Waals surface area contributed by atoms with Crippen molar-refractivity contribution in [3.8, 4) is 11.8 Å². The van der Waals surface area contributed by atoms with Gasteiger partial charge in [0, 0.05) is 11.9 Å². The summed E-state index contributed by atoms with van der Waals surface area (Å²) in [5.74, 6) is 0.956. The molecule has 0 atom stereocenters. The predicted octanol–water partition coefficient (Wildman–Crippen LogP) is 3.98. The largest absolute Gasteiger partial charge is 0.494 e. The Morgan fingerprint density at radius 2 is 2.08 bits per heavy atom. The van der Waals surface area contributed by atoms with Crippen LogP contribution in [0.2, 0.25) is 0 Å². The molecular formula is C20H23N3O3. The van der Waals surface area contributed by atoms with E-state index in [0.717, 1.165) is 30.7 Å². The summed E-state index contributed by atoms with van der Waals surface area (Å²) in [6.07, 6.45) is 6.27. The van der Waals surface area contributed by atoms with E-state index in [1.165, 1.54) is 12.5 Å². The highest BCUT2D eigenvalue weighted by Gasteiger charge is 2.09. The average Bonchev–Trinajstić information content (AvgIpc) is 3.19. The van der Waals surface area contributed by atoms with Crippen LogP contribution in [0.25, 0.3) is 0 Å². The maximum atomic E-state index is 12.0. The van der Waals surface area contributed by atoms with Gasteiger partial charge in [-0.1, -0.05) is 19.8 Å². The molecule has 1 heterocycles. The molecule has 0 aliphatic heterocycles. The van der Waals surface area contributed by atoms with E-state index < -0.39 is 5.91 Å². The maximum absolute atomic E-state index is 12.0. The van der Waals surface area contributed by atoms with Gasteiger partial charge in [0.25, 0.3) is 5.91 Å². The first-order valence-electron chi connectivity index (χ1n) is 8.63. The fourth-order valence-corrected chi connectivity index (χ4v) is 2.17. The third-order valence-electron chi connectivity index (χ3n) is 3.62. The number of carbonyl (C=O) groups is 1. The second-order valence-electron chi connectivity index (χ2n) is 5.66. The molecule has 6 nitrogen and oxygen atoms in total. The number of amides is 1. The number of nitrogens with zero attached hydrogens (tertiary/aromatic N) is 1. The highest BCUT2D eigenvalue weighted by molar-refractivity contribution is 5.97. The number of unbranched alkanes of at least 4 members (excludes halogenated alkanes) is 2. The first kappa shape index (κ1) is 19.1. The number of hydrogen-bond donors (Lipinski definition) is 2. The molecule has 0 saturated carbocycles. The molecule has 136 valence electrons. The number of ether oxygens (including phenoxy) is 1. The molecule has 0 saturated heterocycles. The summed E-state index contributed by atoms with van der Waals surface area (Å²) in [7, 11) is 0. The minimum absolute atomic E-state index is 0.0172. The lowest BCUT2D eigenvalue weighted by molar-refractivity contribution is -0.117. The Morgan fingerprint density at radius 1 is 1.27 bits per heavy atom. The summed E-state index contributed by atoms with van der Waals surface area (Å²) < 4.78 is 10.8. The van der Waals surface area contributed by atoms with Gasteiger partial charge in [0.05, 0.1) is 19.4 Å². The molecule has 0 bridgehead atoms. The van der Waals surface area contributed by atoms with E-state index in [4.69, 9.17) is 14.4 Å². The van der Waals surface area contributed by atoms with Crippen LogP contribution in [0.1, 0.15) is 31.9 Å². The summed E-state index contributed by atoms with van der Waals surface area (Å²) in [5.41, 5.74) is 0.744. The minimum atomic E-state index is -0.465. The van der Waals surface area contributed by atoms with Crippen molar-refractivity contribution in [1.29, 1.82) is 5.26 Å². The molecule has 0 aliphatic rings. The van der Waals surface area contributed by atoms with E-state index in [0.29, 0.717) is 12.4 Å². The molecule has 0 unspecified atom stereocenters. The van der Waals surface area contributed by atoms with Crippen molar-refractivity contribution in [3.05, 3.63) is 60.2 Å². The normalized spacial score (nSPS) is 10.8. The first-order chi connectivity index (χ1) is 12.7. The van der Waals surface area contributed by atoms with Crippen molar-refractivity contribution in [1.82, 2.24) is 5.32 Å². The lowest BCUT2D eigenvalue weighted by Gasteiger charge is -2.07. The third kappa shape index (κ3) is 6.36. The van der Waals surface area contributed by atoms with Crippen LogP contribution in [0.15, 0.2) is 58.9 Å². The molecule has 1 amide bonds. The molecule has 1 aromatic carbocycles. The van der Waals surface area contributed by atoms with E-state index in [2.05, 4.69) is 17.6 Å². The standard InChI is InChI=1S/C20H23N3O3/c1-2-3-4-11-25-18-9-7-17(8-10-18)22-14-16(13-21)20(24)23-15-19-6-5-12-26-19/h5-10,12,14,22H,2-4,11,15H2,1H3,(H,23,24)/b16-14+. The summed E-state index contributed by atoms with van der Waals surface area (Å²) in [6, 6.07) is 12.7. The monoisotopic (exact) mass is 353 g/mol. The Bertz CT molecular complexity index is 744. The van der Waals surface area contributed by atoms with E-state index in [1.54, 1.807) is 12.1 Å². The Labute approximate surface area is 153 Å². The minimum Gasteiger partial charge on any atom is -0.494 e. The Hall–Kier alpha value is -3.20. The van der Waals surface area contributed by atoms with Crippen LogP contribution < -0.4 is 15.4 Å². The number of nitrogens with one attached hydrogen (secondary N) is 2. The van der Waals surface area contributed by atoms with Crippen LogP contribution in [0.5, 0.6) is 5.75 Å². The highest BCUT2D eigenvalue weighted by atomic mass is 16.5. The molecule has 2 aromatic rings. The van der Waals surface area contributed by atoms with E-state index in [9.17, 15) is 4.79 Å². The maximum Gasteiger partial charge on any atom is 0.263 e. The fraction of sp³-hybridized carbons (Fsp3) is 0.300. The van der Waals surface area contributed by atoms with Gasteiger partial charge in [-0.25, -0.2) is 0 Å². The van der Waals surface area contributed by atoms with Gasteiger partial charge in [-0.3, -0.25) is 4.79 Å². The summed E-state index contributed by atoms with van der Waals surface area (Å²) in [4.78, 5) is 12.0. The molecule has 6 heteroatoms. The van der Waals surface area contributed by atoms with E-state index in [-0.39, 0.29) is 12.1 Å². The smallest absolute Gasteiger partial charge is 0.263 e. The molecule has 2 rings (SSSR count). The lowest BCUT2D eigenvalue weighted by Crippen LogP contribution is -2.24. The number of furan rings is 1. The predicted molar refractivity (Wildman–Crippen MR) is 99.3 cm³/mol. The highest BCUT2D eigenvalue weighted by Crippen LogP contribution is 2.16. The number of anilines is 1. The van der Waals surface area contributed by atoms with Crippen LogP contribution in [-0.2, 0) is 11.3 Å². The van der Waals surface area contributed by atoms with Gasteiger partial charge in [0.2, 0.25) is 0 Å². The van der Waals surface area contributed by atoms with Gasteiger partial charge in [-0.2, -0.15) is 5.26 Å². The molecule has 0 fully saturated rings. The summed E-state index contributed by atoms with van der Waals surface area (Å²) in [5, 5.41) is 14.7. The molecule has 1 aromatic heterocycles. The topological polar surface area (TPSA) is 87.3 Å². The van der Waals surface area contributed by atoms with Crippen LogP contribution in [0.3, 0.4) is 0 Å². The number of rotatable bonds is 10. The molecule has 26 heavy (non-hydrogen) atoms. The first-order valence-corrected chi connectivity index (χ1v) is 8.63. The SMILES string of the molecule is CCCCCOc1ccc(N/C=C(\C#N)C(=O)NCc2ccco2)cc1. The molecule has 2 N–H and O–H groups in total. The van der Waals surface area contributed by atoms with Gasteiger partial charge in [-0.15, -0.1) is 0 Å². The number of hydrogen-bond acceptors (Lipinski definition) is 5. The van der Waals surface area contributed by atoms with Crippen LogP contribution in [-0.4, -0.2) is 12.5 Å². The van der Waals surface area contributed by atoms with Crippen LogP contribution in [0.4, 0.5) is 5.69 Å². The molecule has 0 radical (unpaired) electrons. The second kappa shape index (κ2) is 10.6. The van der Waals surface area contributed by atoms with Crippen molar-refractivity contribution >= 4 is 11.6 Å². The van der Waals surface area contributed by atoms with Gasteiger partial charge >= 0.3 is 0 Å². The molecule has 0 aliphatic carbocycles. The third-order valence-corrected chi connectivity index (χ3v) is 3.62. The second-order valence-corrected chi connectivity index (χ2v) is 5.66. The van der Waals surface area contributed by atoms with Crippen LogP contribution in [0, 0.1) is 11.3 Å². The summed E-state index contributed by atoms with van der Waals surface area (Å²) in [6.45, 7) is 3.09. The zero-order chi connectivity index (χ0) is 18.6. The van der Waals surface area contributed by atoms with Crippen molar-refractivity contribution in [2.24, 2.45) is 0 Å². The summed E-state index contributed by atoms with van der Waals surface area (Å²) >= 11 is 0. The van der Waals surface area contributed by atoms with Gasteiger partial charge < -0.3 is 19.8 Å². The average molecular weight is 353 g/mol. The van der Waals surface area contributed by atoms with Gasteiger partial charge in [0.1, 0.15) is 23.2 Å². The van der Waals surface area contributed by atoms with Crippen molar-refractivity contribution in [3.63, 3.8) is 0 Å². The van der Waals surface area contributed by atoms with Gasteiger partial charge in [0.15, 0.2) is 0 Å². The Kier molecular flexibility index (Phi) is 7.81. The lowest BCUT2D eigenvalue weighted by atomic mass is 10.2. The molecule has 0 spiro atoms. The Balaban J connectivity index is 1.83. The number of carbonyl (C=O) groups excluding carboxylic acids is 1. The zero-order valence-corrected chi connectivity index (χ0v) is 14.8. The van der Waals surface area contributed by atoms with Crippen LogP contribution >= 0.6 is 0 Å². The van der Waals surface area contributed by atoms with Crippen molar-refractivity contribution in [2.75, 3.05) is 11.9 Å². The van der Waals surface area contributed by atoms with Gasteiger partial charge in [-0.05, 0) is 42.8 Å². The fourth-order valence-electron chi connectivity index (χ4n) is 2.17. The number of nitriles is 1. The van der Waals surface area contributed by atoms with Crippen molar-refractivity contribution < 1.29 is 13.9 Å². The number of benzene rings is 1. The quantitative estimate of drug-likeness (QED) is 0.383. The zero-order valence-electron chi connectivity index (χ0n) is 14.8. The van der Waals surface area contributed by atoms with Crippen molar-refractivity contribution in [2.45, 2.75) is 32.7 Å². The molecular weight excluding hydrogens is 330 g/mol. The van der Waals surface area contributed by atoms with E-state index in [1.807, 2.05) is 30.3 Å². The Morgan fingerprint density at radius 3 is 2.73 bits per heavy atom. The van der Waals surface area contributed by atoms with E-state index >= 15 is 0 Å².